The number of hydrogen-bond donors (Lipinski definition) is 2. The van der Waals surface area contributed by atoms with Crippen LogP contribution in [0.15, 0.2) is 0 Å². The van der Waals surface area contributed by atoms with E-state index in [9.17, 15) is 4.79 Å². The Hall–Kier alpha value is -0.320. The molecule has 2 heterocycles. The van der Waals surface area contributed by atoms with E-state index in [2.05, 4.69) is 22.5 Å². The molecule has 0 bridgehead atoms. The SMILES string of the molecule is CC(CC(=O)NCC1(N2CCCCC2)CCCCC1)C1CCNCC1.Cl. The molecule has 0 aromatic rings. The summed E-state index contributed by atoms with van der Waals surface area (Å²) in [6.07, 6.45) is 13.8. The lowest BCUT2D eigenvalue weighted by atomic mass is 9.79. The molecule has 3 fully saturated rings. The monoisotopic (exact) mass is 385 g/mol. The van der Waals surface area contributed by atoms with Gasteiger partial charge >= 0.3 is 0 Å². The van der Waals surface area contributed by atoms with Crippen molar-refractivity contribution in [1.29, 1.82) is 0 Å². The van der Waals surface area contributed by atoms with Crippen molar-refractivity contribution in [2.75, 3.05) is 32.7 Å². The van der Waals surface area contributed by atoms with Gasteiger partial charge in [-0.05, 0) is 76.5 Å². The van der Waals surface area contributed by atoms with Gasteiger partial charge in [0.1, 0.15) is 0 Å². The molecule has 2 aliphatic heterocycles. The highest BCUT2D eigenvalue weighted by atomic mass is 35.5. The first kappa shape index (κ1) is 22.0. The first-order chi connectivity index (χ1) is 12.2. The largest absolute Gasteiger partial charge is 0.354 e. The van der Waals surface area contributed by atoms with Crippen molar-refractivity contribution < 1.29 is 4.79 Å². The first-order valence-corrected chi connectivity index (χ1v) is 10.9. The summed E-state index contributed by atoms with van der Waals surface area (Å²) in [6.45, 7) is 7.87. The van der Waals surface area contributed by atoms with Gasteiger partial charge in [0, 0.05) is 18.5 Å². The molecule has 1 saturated carbocycles. The molecule has 1 aliphatic carbocycles. The molecule has 0 aromatic heterocycles. The van der Waals surface area contributed by atoms with E-state index in [-0.39, 0.29) is 23.9 Å². The molecule has 3 rings (SSSR count). The Kier molecular flexibility index (Phi) is 9.19. The maximum absolute atomic E-state index is 12.6. The van der Waals surface area contributed by atoms with E-state index in [1.807, 2.05) is 0 Å². The molecule has 4 nitrogen and oxygen atoms in total. The fourth-order valence-electron chi connectivity index (χ4n) is 5.39. The molecule has 5 heteroatoms. The van der Waals surface area contributed by atoms with Gasteiger partial charge in [0.15, 0.2) is 0 Å². The quantitative estimate of drug-likeness (QED) is 0.732. The summed E-state index contributed by atoms with van der Waals surface area (Å²) < 4.78 is 0. The van der Waals surface area contributed by atoms with Crippen molar-refractivity contribution in [2.45, 2.75) is 83.1 Å². The Balaban J connectivity index is 0.00000243. The van der Waals surface area contributed by atoms with E-state index in [1.54, 1.807) is 0 Å². The number of rotatable bonds is 6. The van der Waals surface area contributed by atoms with Crippen LogP contribution in [0.1, 0.15) is 77.6 Å². The van der Waals surface area contributed by atoms with Crippen LogP contribution in [0.2, 0.25) is 0 Å². The van der Waals surface area contributed by atoms with Crippen LogP contribution < -0.4 is 10.6 Å². The first-order valence-electron chi connectivity index (χ1n) is 10.9. The fourth-order valence-corrected chi connectivity index (χ4v) is 5.39. The van der Waals surface area contributed by atoms with Gasteiger partial charge in [0.2, 0.25) is 5.91 Å². The fraction of sp³-hybridized carbons (Fsp3) is 0.952. The number of carbonyl (C=O) groups is 1. The number of nitrogens with zero attached hydrogens (tertiary/aromatic N) is 1. The zero-order chi connectivity index (χ0) is 17.5. The maximum atomic E-state index is 12.6. The minimum atomic E-state index is 0. The van der Waals surface area contributed by atoms with Crippen molar-refractivity contribution in [3.63, 3.8) is 0 Å². The van der Waals surface area contributed by atoms with Crippen LogP contribution in [0.4, 0.5) is 0 Å². The third-order valence-electron chi connectivity index (χ3n) is 7.12. The van der Waals surface area contributed by atoms with Gasteiger partial charge in [-0.1, -0.05) is 32.6 Å². The van der Waals surface area contributed by atoms with Crippen molar-refractivity contribution in [2.24, 2.45) is 11.8 Å². The van der Waals surface area contributed by atoms with E-state index < -0.39 is 0 Å². The number of piperidine rings is 2. The molecule has 2 saturated heterocycles. The molecule has 0 radical (unpaired) electrons. The standard InChI is InChI=1S/C21H39N3O.ClH/c1-18(19-8-12-22-13-9-19)16-20(25)23-17-21(10-4-2-5-11-21)24-14-6-3-7-15-24;/h18-19,22H,2-17H2,1H3,(H,23,25);1H. The number of amides is 1. The molecule has 1 amide bonds. The smallest absolute Gasteiger partial charge is 0.220 e. The summed E-state index contributed by atoms with van der Waals surface area (Å²) in [5.41, 5.74) is 0.256. The summed E-state index contributed by atoms with van der Waals surface area (Å²) in [4.78, 5) is 15.3. The van der Waals surface area contributed by atoms with E-state index in [0.717, 1.165) is 25.6 Å². The van der Waals surface area contributed by atoms with Crippen molar-refractivity contribution in [3.05, 3.63) is 0 Å². The zero-order valence-electron chi connectivity index (χ0n) is 16.7. The van der Waals surface area contributed by atoms with E-state index in [4.69, 9.17) is 0 Å². The minimum absolute atomic E-state index is 0. The predicted molar refractivity (Wildman–Crippen MR) is 111 cm³/mol. The Morgan fingerprint density at radius 2 is 1.69 bits per heavy atom. The van der Waals surface area contributed by atoms with E-state index in [1.165, 1.54) is 77.3 Å². The van der Waals surface area contributed by atoms with Crippen LogP contribution in [0.25, 0.3) is 0 Å². The normalized spacial score (nSPS) is 25.9. The third kappa shape index (κ3) is 5.84. The second-order valence-electron chi connectivity index (χ2n) is 8.88. The highest BCUT2D eigenvalue weighted by molar-refractivity contribution is 5.85. The lowest BCUT2D eigenvalue weighted by Crippen LogP contribution is -2.58. The van der Waals surface area contributed by atoms with Crippen LogP contribution in [0.5, 0.6) is 0 Å². The molecular weight excluding hydrogens is 346 g/mol. The number of carbonyl (C=O) groups excluding carboxylic acids is 1. The zero-order valence-corrected chi connectivity index (χ0v) is 17.5. The topological polar surface area (TPSA) is 44.4 Å². The Morgan fingerprint density at radius 3 is 2.35 bits per heavy atom. The highest BCUT2D eigenvalue weighted by Crippen LogP contribution is 2.35. The second-order valence-corrected chi connectivity index (χ2v) is 8.88. The average molecular weight is 386 g/mol. The predicted octanol–water partition coefficient (Wildman–Crippen LogP) is 3.74. The molecule has 0 spiro atoms. The van der Waals surface area contributed by atoms with Gasteiger partial charge in [-0.3, -0.25) is 9.69 Å². The molecule has 3 aliphatic rings. The molecule has 0 aromatic carbocycles. The average Bonchev–Trinajstić information content (AvgIpc) is 2.68. The lowest BCUT2D eigenvalue weighted by molar-refractivity contribution is -0.123. The van der Waals surface area contributed by atoms with Crippen LogP contribution in [-0.2, 0) is 4.79 Å². The van der Waals surface area contributed by atoms with E-state index >= 15 is 0 Å². The summed E-state index contributed by atoms with van der Waals surface area (Å²) >= 11 is 0. The number of nitrogens with one attached hydrogen (secondary N) is 2. The van der Waals surface area contributed by atoms with Crippen LogP contribution in [0.3, 0.4) is 0 Å². The molecule has 2 N–H and O–H groups in total. The number of likely N-dealkylation sites (tertiary alicyclic amines) is 1. The van der Waals surface area contributed by atoms with Gasteiger partial charge in [-0.25, -0.2) is 0 Å². The maximum Gasteiger partial charge on any atom is 0.220 e. The summed E-state index contributed by atoms with van der Waals surface area (Å²) in [7, 11) is 0. The Morgan fingerprint density at radius 1 is 1.08 bits per heavy atom. The third-order valence-corrected chi connectivity index (χ3v) is 7.12. The van der Waals surface area contributed by atoms with Crippen LogP contribution in [0, 0.1) is 11.8 Å². The molecule has 152 valence electrons. The summed E-state index contributed by atoms with van der Waals surface area (Å²) in [6, 6.07) is 0. The Bertz CT molecular complexity index is 413. The van der Waals surface area contributed by atoms with Gasteiger partial charge in [0.25, 0.3) is 0 Å². The van der Waals surface area contributed by atoms with Crippen molar-refractivity contribution in [1.82, 2.24) is 15.5 Å². The number of halogens is 1. The van der Waals surface area contributed by atoms with E-state index in [0.29, 0.717) is 12.3 Å². The molecular formula is C21H40ClN3O. The van der Waals surface area contributed by atoms with Crippen molar-refractivity contribution in [3.8, 4) is 0 Å². The van der Waals surface area contributed by atoms with Crippen LogP contribution in [-0.4, -0.2) is 49.1 Å². The lowest BCUT2D eigenvalue weighted by Gasteiger charge is -2.48. The van der Waals surface area contributed by atoms with Gasteiger partial charge in [-0.2, -0.15) is 0 Å². The van der Waals surface area contributed by atoms with Gasteiger partial charge < -0.3 is 10.6 Å². The summed E-state index contributed by atoms with van der Waals surface area (Å²) in [5.74, 6) is 1.52. The molecule has 26 heavy (non-hydrogen) atoms. The van der Waals surface area contributed by atoms with Crippen LogP contribution >= 0.6 is 12.4 Å². The second kappa shape index (κ2) is 10.9. The highest BCUT2D eigenvalue weighted by Gasteiger charge is 2.38. The number of hydrogen-bond acceptors (Lipinski definition) is 3. The Labute approximate surface area is 166 Å². The van der Waals surface area contributed by atoms with Gasteiger partial charge in [-0.15, -0.1) is 12.4 Å². The minimum Gasteiger partial charge on any atom is -0.354 e. The van der Waals surface area contributed by atoms with Gasteiger partial charge in [0.05, 0.1) is 0 Å². The molecule has 1 atom stereocenters. The summed E-state index contributed by atoms with van der Waals surface area (Å²) in [5, 5.41) is 6.79. The molecule has 1 unspecified atom stereocenters. The van der Waals surface area contributed by atoms with Crippen molar-refractivity contribution >= 4 is 18.3 Å².